The highest BCUT2D eigenvalue weighted by molar-refractivity contribution is 5.66. The third-order valence-electron chi connectivity index (χ3n) is 7.38. The number of aromatic nitrogens is 3. The second kappa shape index (κ2) is 12.5. The normalized spacial score (nSPS) is 21.8. The van der Waals surface area contributed by atoms with Gasteiger partial charge in [0, 0.05) is 0 Å². The van der Waals surface area contributed by atoms with Gasteiger partial charge in [0.15, 0.2) is 5.82 Å². The standard InChI is InChI=1S/C33H31N5O4/c34-22-33(29-17-16-27-32(35)36-23-37-38(27)29)31(41-20-26-14-8-3-9-15-26)30(40-19-25-12-6-2-7-13-25)28(42-33)21-39-18-24-10-4-1-5-11-24/h1-17,23,28,30-31H,18-21H2,(H2,35,36,37)/t28-,30-,31-,33?/m1/s1. The summed E-state index contributed by atoms with van der Waals surface area (Å²) in [4.78, 5) is 4.10. The summed E-state index contributed by atoms with van der Waals surface area (Å²) in [6.45, 7) is 1.13. The molecule has 0 aliphatic carbocycles. The number of hydrogen-bond acceptors (Lipinski definition) is 8. The van der Waals surface area contributed by atoms with Gasteiger partial charge in [-0.15, -0.1) is 0 Å². The summed E-state index contributed by atoms with van der Waals surface area (Å²) in [5.41, 5.74) is 8.59. The van der Waals surface area contributed by atoms with E-state index in [9.17, 15) is 5.26 Å². The molecule has 1 aliphatic rings. The van der Waals surface area contributed by atoms with Gasteiger partial charge in [0.1, 0.15) is 36.2 Å². The molecule has 0 amide bonds. The molecule has 3 heterocycles. The molecule has 0 bridgehead atoms. The maximum atomic E-state index is 10.9. The van der Waals surface area contributed by atoms with Gasteiger partial charge in [-0.25, -0.2) is 9.50 Å². The molecule has 0 radical (unpaired) electrons. The Morgan fingerprint density at radius 1 is 0.810 bits per heavy atom. The highest BCUT2D eigenvalue weighted by Crippen LogP contribution is 2.44. The minimum absolute atomic E-state index is 0.184. The Labute approximate surface area is 244 Å². The Morgan fingerprint density at radius 2 is 1.40 bits per heavy atom. The first-order valence-corrected chi connectivity index (χ1v) is 13.8. The number of nitriles is 1. The van der Waals surface area contributed by atoms with Crippen molar-refractivity contribution in [3.63, 3.8) is 0 Å². The zero-order valence-corrected chi connectivity index (χ0v) is 23.0. The summed E-state index contributed by atoms with van der Waals surface area (Å²) in [5.74, 6) is 0.295. The molecule has 9 heteroatoms. The average molecular weight is 562 g/mol. The van der Waals surface area contributed by atoms with Crippen molar-refractivity contribution in [2.24, 2.45) is 0 Å². The highest BCUT2D eigenvalue weighted by atomic mass is 16.6. The molecule has 0 spiro atoms. The fraction of sp³-hybridized carbons (Fsp3) is 0.242. The first-order chi connectivity index (χ1) is 20.7. The monoisotopic (exact) mass is 561 g/mol. The quantitative estimate of drug-likeness (QED) is 0.244. The van der Waals surface area contributed by atoms with Crippen LogP contribution in [0.5, 0.6) is 0 Å². The van der Waals surface area contributed by atoms with E-state index < -0.39 is 23.9 Å². The van der Waals surface area contributed by atoms with Crippen LogP contribution in [0.4, 0.5) is 5.82 Å². The molecule has 9 nitrogen and oxygen atoms in total. The van der Waals surface area contributed by atoms with E-state index in [0.29, 0.717) is 30.2 Å². The van der Waals surface area contributed by atoms with Crippen LogP contribution in [-0.4, -0.2) is 39.5 Å². The number of nitrogens with two attached hydrogens (primary N) is 1. The summed E-state index contributed by atoms with van der Waals surface area (Å²) in [6, 6.07) is 35.6. The minimum Gasteiger partial charge on any atom is -0.382 e. The number of fused-ring (bicyclic) bond motifs is 1. The molecule has 6 rings (SSSR count). The largest absolute Gasteiger partial charge is 0.382 e. The SMILES string of the molecule is N#CC1(c2ccc3c(N)ncnn23)O[C@H](COCc2ccccc2)[C@@H](OCc2ccccc2)[C@H]1OCc1ccccc1. The number of ether oxygens (including phenoxy) is 4. The van der Waals surface area contributed by atoms with Crippen LogP contribution >= 0.6 is 0 Å². The van der Waals surface area contributed by atoms with Crippen molar-refractivity contribution in [2.75, 3.05) is 12.3 Å². The fourth-order valence-corrected chi connectivity index (χ4v) is 5.32. The van der Waals surface area contributed by atoms with E-state index in [1.165, 1.54) is 6.33 Å². The average Bonchev–Trinajstić information content (AvgIpc) is 3.61. The number of anilines is 1. The third-order valence-corrected chi connectivity index (χ3v) is 7.38. The minimum atomic E-state index is -1.58. The number of benzene rings is 3. The van der Waals surface area contributed by atoms with E-state index in [1.807, 2.05) is 91.0 Å². The molecular weight excluding hydrogens is 530 g/mol. The third kappa shape index (κ3) is 5.62. The lowest BCUT2D eigenvalue weighted by molar-refractivity contribution is -0.0971. The van der Waals surface area contributed by atoms with Crippen LogP contribution in [0.25, 0.3) is 5.52 Å². The molecule has 3 aromatic carbocycles. The van der Waals surface area contributed by atoms with Gasteiger partial charge in [-0.3, -0.25) is 0 Å². The van der Waals surface area contributed by atoms with Gasteiger partial charge >= 0.3 is 0 Å². The number of rotatable bonds is 11. The summed E-state index contributed by atoms with van der Waals surface area (Å²) < 4.78 is 27.5. The lowest BCUT2D eigenvalue weighted by Crippen LogP contribution is -2.44. The zero-order chi connectivity index (χ0) is 28.8. The van der Waals surface area contributed by atoms with Crippen molar-refractivity contribution < 1.29 is 18.9 Å². The van der Waals surface area contributed by atoms with Gasteiger partial charge in [-0.1, -0.05) is 91.0 Å². The predicted molar refractivity (Wildman–Crippen MR) is 156 cm³/mol. The molecule has 1 saturated heterocycles. The molecule has 2 N–H and O–H groups in total. The van der Waals surface area contributed by atoms with Crippen molar-refractivity contribution in [3.05, 3.63) is 132 Å². The van der Waals surface area contributed by atoms with Gasteiger partial charge in [0.25, 0.3) is 0 Å². The molecule has 5 aromatic rings. The maximum Gasteiger partial charge on any atom is 0.225 e. The van der Waals surface area contributed by atoms with Crippen LogP contribution in [0.15, 0.2) is 109 Å². The van der Waals surface area contributed by atoms with Crippen LogP contribution < -0.4 is 5.73 Å². The Hall–Kier alpha value is -4.59. The van der Waals surface area contributed by atoms with Crippen LogP contribution in [-0.2, 0) is 44.4 Å². The van der Waals surface area contributed by atoms with E-state index >= 15 is 0 Å². The number of nitrogen functional groups attached to an aromatic ring is 1. The van der Waals surface area contributed by atoms with Crippen LogP contribution in [0.1, 0.15) is 22.4 Å². The van der Waals surface area contributed by atoms with Gasteiger partial charge in [-0.05, 0) is 28.8 Å². The molecule has 1 unspecified atom stereocenters. The topological polar surface area (TPSA) is 117 Å². The van der Waals surface area contributed by atoms with E-state index in [0.717, 1.165) is 16.7 Å². The summed E-state index contributed by atoms with van der Waals surface area (Å²) in [5, 5.41) is 15.3. The lowest BCUT2D eigenvalue weighted by atomic mass is 9.92. The summed E-state index contributed by atoms with van der Waals surface area (Å²) in [7, 11) is 0. The van der Waals surface area contributed by atoms with Crippen molar-refractivity contribution in [2.45, 2.75) is 43.7 Å². The highest BCUT2D eigenvalue weighted by Gasteiger charge is 2.60. The van der Waals surface area contributed by atoms with E-state index in [1.54, 1.807) is 16.6 Å². The predicted octanol–water partition coefficient (Wildman–Crippen LogP) is 4.82. The molecule has 4 atom stereocenters. The smallest absolute Gasteiger partial charge is 0.225 e. The van der Waals surface area contributed by atoms with Crippen LogP contribution in [0, 0.1) is 11.3 Å². The maximum absolute atomic E-state index is 10.9. The second-order valence-corrected chi connectivity index (χ2v) is 10.1. The summed E-state index contributed by atoms with van der Waals surface area (Å²) >= 11 is 0. The zero-order valence-electron chi connectivity index (χ0n) is 23.0. The summed E-state index contributed by atoms with van der Waals surface area (Å²) in [6.07, 6.45) is -0.738. The van der Waals surface area contributed by atoms with Crippen molar-refractivity contribution in [1.29, 1.82) is 5.26 Å². The van der Waals surface area contributed by atoms with Gasteiger partial charge < -0.3 is 24.7 Å². The van der Waals surface area contributed by atoms with Crippen LogP contribution in [0.2, 0.25) is 0 Å². The van der Waals surface area contributed by atoms with Crippen LogP contribution in [0.3, 0.4) is 0 Å². The van der Waals surface area contributed by atoms with Gasteiger partial charge in [-0.2, -0.15) is 10.4 Å². The number of hydrogen-bond donors (Lipinski definition) is 1. The lowest BCUT2D eigenvalue weighted by Gasteiger charge is -2.29. The molecule has 212 valence electrons. The van der Waals surface area contributed by atoms with E-state index in [4.69, 9.17) is 24.7 Å². The molecule has 2 aromatic heterocycles. The van der Waals surface area contributed by atoms with Crippen molar-refractivity contribution in [3.8, 4) is 6.07 Å². The molecule has 1 aliphatic heterocycles. The molecule has 42 heavy (non-hydrogen) atoms. The number of nitrogens with zero attached hydrogens (tertiary/aromatic N) is 4. The van der Waals surface area contributed by atoms with Gasteiger partial charge in [0.05, 0.1) is 32.1 Å². The van der Waals surface area contributed by atoms with E-state index in [-0.39, 0.29) is 13.2 Å². The first kappa shape index (κ1) is 27.6. The van der Waals surface area contributed by atoms with E-state index in [2.05, 4.69) is 16.2 Å². The molecule has 1 fully saturated rings. The van der Waals surface area contributed by atoms with Crippen molar-refractivity contribution >= 4 is 11.3 Å². The Balaban J connectivity index is 1.37. The second-order valence-electron chi connectivity index (χ2n) is 10.1. The Morgan fingerprint density at radius 3 is 2.02 bits per heavy atom. The fourth-order valence-electron chi connectivity index (χ4n) is 5.32. The Kier molecular flexibility index (Phi) is 8.21. The van der Waals surface area contributed by atoms with Crippen molar-refractivity contribution in [1.82, 2.24) is 14.6 Å². The van der Waals surface area contributed by atoms with Gasteiger partial charge in [0.2, 0.25) is 5.60 Å². The molecular formula is C33H31N5O4. The molecule has 0 saturated carbocycles. The Bertz CT molecular complexity index is 1640. The first-order valence-electron chi connectivity index (χ1n) is 13.8.